The van der Waals surface area contributed by atoms with E-state index in [1.165, 1.54) is 19.6 Å². The molecule has 7 heteroatoms. The van der Waals surface area contributed by atoms with E-state index >= 15 is 0 Å². The van der Waals surface area contributed by atoms with Crippen LogP contribution in [0.15, 0.2) is 47.3 Å². The van der Waals surface area contributed by atoms with Crippen LogP contribution in [-0.2, 0) is 16.1 Å². The highest BCUT2D eigenvalue weighted by atomic mass is 16.5. The van der Waals surface area contributed by atoms with Crippen LogP contribution in [0.3, 0.4) is 0 Å². The quantitative estimate of drug-likeness (QED) is 0.683. The maximum absolute atomic E-state index is 11.8. The van der Waals surface area contributed by atoms with Gasteiger partial charge in [0.1, 0.15) is 5.75 Å². The van der Waals surface area contributed by atoms with E-state index in [0.717, 1.165) is 5.56 Å². The number of benzene rings is 1. The van der Waals surface area contributed by atoms with Crippen molar-refractivity contribution in [2.75, 3.05) is 13.7 Å². The first kappa shape index (κ1) is 16.6. The molecule has 0 bridgehead atoms. The minimum Gasteiger partial charge on any atom is -0.496 e. The second kappa shape index (κ2) is 8.00. The maximum Gasteiger partial charge on any atom is 0.309 e. The van der Waals surface area contributed by atoms with E-state index in [1.807, 2.05) is 12.1 Å². The van der Waals surface area contributed by atoms with Crippen LogP contribution in [0.25, 0.3) is 0 Å². The summed E-state index contributed by atoms with van der Waals surface area (Å²) in [6.45, 7) is 0.0843. The Morgan fingerprint density at radius 2 is 1.96 bits per heavy atom. The summed E-state index contributed by atoms with van der Waals surface area (Å²) in [6, 6.07) is 8.76. The Kier molecular flexibility index (Phi) is 5.76. The number of rotatable bonds is 6. The zero-order valence-electron chi connectivity index (χ0n) is 12.6. The molecule has 0 aliphatic heterocycles. The van der Waals surface area contributed by atoms with Crippen LogP contribution < -0.4 is 15.4 Å². The van der Waals surface area contributed by atoms with Gasteiger partial charge in [-0.2, -0.15) is 0 Å². The summed E-state index contributed by atoms with van der Waals surface area (Å²) in [7, 11) is 1.53. The number of amides is 2. The van der Waals surface area contributed by atoms with Crippen molar-refractivity contribution in [3.63, 3.8) is 0 Å². The van der Waals surface area contributed by atoms with Gasteiger partial charge in [-0.15, -0.1) is 0 Å². The number of para-hydroxylation sites is 1. The second-order valence-corrected chi connectivity index (χ2v) is 4.78. The van der Waals surface area contributed by atoms with Crippen LogP contribution >= 0.6 is 0 Å². The van der Waals surface area contributed by atoms with Crippen LogP contribution in [0.1, 0.15) is 17.2 Å². The molecule has 0 saturated carbocycles. The average Bonchev–Trinajstić information content (AvgIpc) is 3.12. The van der Waals surface area contributed by atoms with Crippen LogP contribution in [0, 0.1) is 0 Å². The number of aliphatic hydroxyl groups is 1. The number of nitrogens with one attached hydrogen (secondary N) is 2. The highest BCUT2D eigenvalue weighted by Gasteiger charge is 2.16. The Hall–Kier alpha value is -2.80. The first-order valence-corrected chi connectivity index (χ1v) is 7.00. The van der Waals surface area contributed by atoms with Crippen molar-refractivity contribution in [3.05, 3.63) is 54.0 Å². The number of furan rings is 1. The molecule has 122 valence electrons. The van der Waals surface area contributed by atoms with Crippen LogP contribution in [0.5, 0.6) is 5.75 Å². The highest BCUT2D eigenvalue weighted by Crippen LogP contribution is 2.16. The van der Waals surface area contributed by atoms with Gasteiger partial charge in [-0.1, -0.05) is 18.2 Å². The summed E-state index contributed by atoms with van der Waals surface area (Å²) in [5.41, 5.74) is 1.29. The predicted molar refractivity (Wildman–Crippen MR) is 81.5 cm³/mol. The van der Waals surface area contributed by atoms with Gasteiger partial charge in [0.05, 0.1) is 25.7 Å². The van der Waals surface area contributed by atoms with Gasteiger partial charge in [0.25, 0.3) is 0 Å². The Balaban J connectivity index is 1.80. The standard InChI is InChI=1S/C16H18N2O5/c1-22-14-5-3-2-4-11(14)8-17-15(20)16(21)18-9-13(19)12-6-7-23-10-12/h2-7,10,13,19H,8-9H2,1H3,(H,17,20)(H,18,21)/t13-/m0/s1. The van der Waals surface area contributed by atoms with Gasteiger partial charge < -0.3 is 24.9 Å². The molecule has 2 rings (SSSR count). The molecule has 1 atom stereocenters. The fourth-order valence-corrected chi connectivity index (χ4v) is 1.96. The largest absolute Gasteiger partial charge is 0.496 e. The summed E-state index contributed by atoms with van der Waals surface area (Å²) < 4.78 is 10.0. The molecule has 23 heavy (non-hydrogen) atoms. The summed E-state index contributed by atoms with van der Waals surface area (Å²) in [5, 5.41) is 14.7. The zero-order valence-corrected chi connectivity index (χ0v) is 12.6. The summed E-state index contributed by atoms with van der Waals surface area (Å²) in [6.07, 6.45) is 1.86. The van der Waals surface area contributed by atoms with Gasteiger partial charge in [0.2, 0.25) is 0 Å². The normalized spacial score (nSPS) is 11.6. The minimum absolute atomic E-state index is 0.0829. The molecule has 0 aliphatic carbocycles. The first-order valence-electron chi connectivity index (χ1n) is 7.00. The Morgan fingerprint density at radius 3 is 2.65 bits per heavy atom. The molecule has 2 amide bonds. The molecule has 2 aromatic rings. The lowest BCUT2D eigenvalue weighted by Gasteiger charge is -2.11. The van der Waals surface area contributed by atoms with Crippen molar-refractivity contribution in [1.82, 2.24) is 10.6 Å². The molecule has 0 aliphatic rings. The summed E-state index contributed by atoms with van der Waals surface area (Å²) in [4.78, 5) is 23.5. The lowest BCUT2D eigenvalue weighted by atomic mass is 10.2. The number of ether oxygens (including phenoxy) is 1. The van der Waals surface area contributed by atoms with Gasteiger partial charge in [0.15, 0.2) is 0 Å². The fourth-order valence-electron chi connectivity index (χ4n) is 1.96. The van der Waals surface area contributed by atoms with Crippen molar-refractivity contribution in [1.29, 1.82) is 0 Å². The predicted octanol–water partition coefficient (Wildman–Crippen LogP) is 0.754. The van der Waals surface area contributed by atoms with E-state index in [-0.39, 0.29) is 13.1 Å². The van der Waals surface area contributed by atoms with Crippen LogP contribution in [0.4, 0.5) is 0 Å². The fraction of sp³-hybridized carbons (Fsp3) is 0.250. The van der Waals surface area contributed by atoms with Crippen molar-refractivity contribution >= 4 is 11.8 Å². The lowest BCUT2D eigenvalue weighted by Crippen LogP contribution is -2.41. The molecule has 3 N–H and O–H groups in total. The first-order chi connectivity index (χ1) is 11.1. The highest BCUT2D eigenvalue weighted by molar-refractivity contribution is 6.35. The molecule has 1 aromatic heterocycles. The average molecular weight is 318 g/mol. The Labute approximate surface area is 133 Å². The molecule has 0 radical (unpaired) electrons. The zero-order chi connectivity index (χ0) is 16.7. The van der Waals surface area contributed by atoms with Crippen LogP contribution in [0.2, 0.25) is 0 Å². The molecule has 0 saturated heterocycles. The van der Waals surface area contributed by atoms with E-state index in [4.69, 9.17) is 9.15 Å². The number of hydrogen-bond acceptors (Lipinski definition) is 5. The minimum atomic E-state index is -0.931. The summed E-state index contributed by atoms with van der Waals surface area (Å²) in [5.74, 6) is -0.971. The third-order valence-electron chi connectivity index (χ3n) is 3.22. The molecule has 0 fully saturated rings. The van der Waals surface area contributed by atoms with Gasteiger partial charge >= 0.3 is 11.8 Å². The number of hydrogen-bond donors (Lipinski definition) is 3. The third-order valence-corrected chi connectivity index (χ3v) is 3.22. The van der Waals surface area contributed by atoms with Crippen molar-refractivity contribution in [2.45, 2.75) is 12.6 Å². The van der Waals surface area contributed by atoms with Gasteiger partial charge in [0, 0.05) is 24.2 Å². The number of methoxy groups -OCH3 is 1. The Morgan fingerprint density at radius 1 is 1.22 bits per heavy atom. The molecule has 1 aromatic carbocycles. The van der Waals surface area contributed by atoms with E-state index in [1.54, 1.807) is 18.2 Å². The van der Waals surface area contributed by atoms with Crippen LogP contribution in [-0.4, -0.2) is 30.6 Å². The third kappa shape index (κ3) is 4.58. The van der Waals surface area contributed by atoms with E-state index in [0.29, 0.717) is 11.3 Å². The molecule has 0 unspecified atom stereocenters. The van der Waals surface area contributed by atoms with E-state index in [9.17, 15) is 14.7 Å². The lowest BCUT2D eigenvalue weighted by molar-refractivity contribution is -0.139. The molecule has 7 nitrogen and oxygen atoms in total. The van der Waals surface area contributed by atoms with Crippen molar-refractivity contribution in [3.8, 4) is 5.75 Å². The summed E-state index contributed by atoms with van der Waals surface area (Å²) >= 11 is 0. The monoisotopic (exact) mass is 318 g/mol. The second-order valence-electron chi connectivity index (χ2n) is 4.78. The topological polar surface area (TPSA) is 101 Å². The van der Waals surface area contributed by atoms with E-state index in [2.05, 4.69) is 10.6 Å². The molecular weight excluding hydrogens is 300 g/mol. The van der Waals surface area contributed by atoms with Gasteiger partial charge in [-0.05, 0) is 12.1 Å². The molecule has 0 spiro atoms. The maximum atomic E-state index is 11.8. The van der Waals surface area contributed by atoms with E-state index < -0.39 is 17.9 Å². The Bertz CT molecular complexity index is 654. The van der Waals surface area contributed by atoms with Crippen molar-refractivity contribution in [2.24, 2.45) is 0 Å². The number of carbonyl (C=O) groups is 2. The smallest absolute Gasteiger partial charge is 0.309 e. The van der Waals surface area contributed by atoms with Crippen molar-refractivity contribution < 1.29 is 23.8 Å². The SMILES string of the molecule is COc1ccccc1CNC(=O)C(=O)NC[C@H](O)c1ccoc1. The van der Waals surface area contributed by atoms with Gasteiger partial charge in [-0.3, -0.25) is 9.59 Å². The van der Waals surface area contributed by atoms with Gasteiger partial charge in [-0.25, -0.2) is 0 Å². The number of aliphatic hydroxyl groups excluding tert-OH is 1. The molecular formula is C16H18N2O5. The molecule has 1 heterocycles. The number of carbonyl (C=O) groups excluding carboxylic acids is 2.